The van der Waals surface area contributed by atoms with Crippen molar-refractivity contribution in [3.8, 4) is 0 Å². The fourth-order valence-electron chi connectivity index (χ4n) is 2.94. The van der Waals surface area contributed by atoms with E-state index in [0.717, 1.165) is 18.8 Å². The molecular formula is C17H24N4. The van der Waals surface area contributed by atoms with Crippen molar-refractivity contribution in [2.75, 3.05) is 13.1 Å². The van der Waals surface area contributed by atoms with E-state index in [-0.39, 0.29) is 0 Å². The summed E-state index contributed by atoms with van der Waals surface area (Å²) in [6.45, 7) is 6.37. The van der Waals surface area contributed by atoms with E-state index in [1.54, 1.807) is 6.33 Å². The molecule has 1 aromatic carbocycles. The molecule has 4 heteroatoms. The van der Waals surface area contributed by atoms with Crippen LogP contribution < -0.4 is 5.32 Å². The lowest BCUT2D eigenvalue weighted by Crippen LogP contribution is -2.41. The molecule has 0 aliphatic carbocycles. The molecule has 21 heavy (non-hydrogen) atoms. The maximum atomic E-state index is 4.34. The van der Waals surface area contributed by atoms with E-state index < -0.39 is 0 Å². The van der Waals surface area contributed by atoms with Crippen LogP contribution in [-0.4, -0.2) is 34.0 Å². The van der Waals surface area contributed by atoms with Crippen LogP contribution >= 0.6 is 0 Å². The maximum Gasteiger partial charge on any atom is 0.0925 e. The number of nitrogens with zero attached hydrogens (tertiary/aromatic N) is 2. The average molecular weight is 284 g/mol. The molecule has 2 heterocycles. The molecule has 1 aliphatic heterocycles. The van der Waals surface area contributed by atoms with Gasteiger partial charge >= 0.3 is 0 Å². The van der Waals surface area contributed by atoms with Crippen molar-refractivity contribution in [3.63, 3.8) is 0 Å². The Morgan fingerprint density at radius 2 is 2.00 bits per heavy atom. The number of hydrogen-bond acceptors (Lipinski definition) is 3. The Bertz CT molecular complexity index is 541. The van der Waals surface area contributed by atoms with Crippen LogP contribution in [0.2, 0.25) is 0 Å². The molecule has 1 aliphatic rings. The molecule has 1 fully saturated rings. The molecule has 112 valence electrons. The number of likely N-dealkylation sites (tertiary alicyclic amines) is 1. The molecule has 1 aromatic heterocycles. The number of hydrogen-bond donors (Lipinski definition) is 2. The van der Waals surface area contributed by atoms with Crippen LogP contribution in [0, 0.1) is 6.92 Å². The smallest absolute Gasteiger partial charge is 0.0925 e. The second-order valence-electron chi connectivity index (χ2n) is 5.89. The Hall–Kier alpha value is -1.65. The molecule has 2 N–H and O–H groups in total. The van der Waals surface area contributed by atoms with Gasteiger partial charge in [0.2, 0.25) is 0 Å². The first kappa shape index (κ1) is 14.3. The maximum absolute atomic E-state index is 4.34. The highest BCUT2D eigenvalue weighted by atomic mass is 15.1. The first-order valence-corrected chi connectivity index (χ1v) is 7.80. The summed E-state index contributed by atoms with van der Waals surface area (Å²) < 4.78 is 0. The summed E-state index contributed by atoms with van der Waals surface area (Å²) >= 11 is 0. The Morgan fingerprint density at radius 3 is 2.67 bits per heavy atom. The number of benzene rings is 1. The molecule has 0 bridgehead atoms. The van der Waals surface area contributed by atoms with Crippen molar-refractivity contribution in [2.24, 2.45) is 0 Å². The van der Waals surface area contributed by atoms with Gasteiger partial charge in [-0.2, -0.15) is 0 Å². The first-order valence-electron chi connectivity index (χ1n) is 7.80. The van der Waals surface area contributed by atoms with Crippen LogP contribution in [0.4, 0.5) is 0 Å². The minimum Gasteiger partial charge on any atom is -0.348 e. The third-order valence-corrected chi connectivity index (χ3v) is 4.33. The van der Waals surface area contributed by atoms with Gasteiger partial charge in [0, 0.05) is 24.8 Å². The summed E-state index contributed by atoms with van der Waals surface area (Å²) in [6.07, 6.45) is 4.21. The van der Waals surface area contributed by atoms with Crippen molar-refractivity contribution < 1.29 is 0 Å². The molecule has 3 rings (SSSR count). The number of aryl methyl sites for hydroxylation is 1. The number of nitrogens with one attached hydrogen (secondary N) is 2. The van der Waals surface area contributed by atoms with Crippen LogP contribution in [0.3, 0.4) is 0 Å². The van der Waals surface area contributed by atoms with E-state index in [2.05, 4.69) is 57.4 Å². The molecule has 4 nitrogen and oxygen atoms in total. The van der Waals surface area contributed by atoms with Gasteiger partial charge in [0.05, 0.1) is 12.0 Å². The fourth-order valence-corrected chi connectivity index (χ4v) is 2.94. The Balaban J connectivity index is 1.42. The van der Waals surface area contributed by atoms with E-state index >= 15 is 0 Å². The lowest BCUT2D eigenvalue weighted by atomic mass is 10.0. The SMILES string of the molecule is Cc1[nH]cnc1CNC1CCN(Cc2ccccc2)CC1. The molecule has 1 saturated heterocycles. The van der Waals surface area contributed by atoms with Gasteiger partial charge in [-0.25, -0.2) is 4.98 Å². The zero-order valence-corrected chi connectivity index (χ0v) is 12.7. The topological polar surface area (TPSA) is 44.0 Å². The minimum absolute atomic E-state index is 0.619. The van der Waals surface area contributed by atoms with Crippen molar-refractivity contribution in [2.45, 2.75) is 38.9 Å². The number of aromatic nitrogens is 2. The minimum atomic E-state index is 0.619. The summed E-state index contributed by atoms with van der Waals surface area (Å²) in [5, 5.41) is 3.64. The highest BCUT2D eigenvalue weighted by Crippen LogP contribution is 2.14. The Kier molecular flexibility index (Phi) is 4.68. The van der Waals surface area contributed by atoms with E-state index in [1.807, 2.05) is 0 Å². The molecule has 0 atom stereocenters. The first-order chi connectivity index (χ1) is 10.3. The van der Waals surface area contributed by atoms with Gasteiger partial charge in [0.1, 0.15) is 0 Å². The van der Waals surface area contributed by atoms with E-state index in [1.165, 1.54) is 37.2 Å². The molecular weight excluding hydrogens is 260 g/mol. The third-order valence-electron chi connectivity index (χ3n) is 4.33. The summed E-state index contributed by atoms with van der Waals surface area (Å²) in [5.74, 6) is 0. The summed E-state index contributed by atoms with van der Waals surface area (Å²) in [6, 6.07) is 11.4. The molecule has 0 amide bonds. The van der Waals surface area contributed by atoms with Crippen LogP contribution in [0.5, 0.6) is 0 Å². The molecule has 0 spiro atoms. The number of aromatic amines is 1. The van der Waals surface area contributed by atoms with Crippen LogP contribution in [-0.2, 0) is 13.1 Å². The number of piperidine rings is 1. The molecule has 2 aromatic rings. The predicted octanol–water partition coefficient (Wildman–Crippen LogP) is 2.47. The Labute approximate surface area is 126 Å². The number of imidazole rings is 1. The van der Waals surface area contributed by atoms with Gasteiger partial charge in [-0.1, -0.05) is 30.3 Å². The van der Waals surface area contributed by atoms with Crippen LogP contribution in [0.1, 0.15) is 29.8 Å². The summed E-state index contributed by atoms with van der Waals surface area (Å²) in [7, 11) is 0. The van der Waals surface area contributed by atoms with Gasteiger partial charge in [-0.05, 0) is 38.4 Å². The summed E-state index contributed by atoms with van der Waals surface area (Å²) in [5.41, 5.74) is 3.72. The zero-order valence-electron chi connectivity index (χ0n) is 12.7. The van der Waals surface area contributed by atoms with Gasteiger partial charge in [-0.3, -0.25) is 4.90 Å². The zero-order chi connectivity index (χ0) is 14.5. The monoisotopic (exact) mass is 284 g/mol. The second-order valence-corrected chi connectivity index (χ2v) is 5.89. The number of rotatable bonds is 5. The van der Waals surface area contributed by atoms with Crippen LogP contribution in [0.25, 0.3) is 0 Å². The molecule has 0 unspecified atom stereocenters. The Morgan fingerprint density at radius 1 is 1.24 bits per heavy atom. The van der Waals surface area contributed by atoms with Crippen molar-refractivity contribution in [1.82, 2.24) is 20.2 Å². The van der Waals surface area contributed by atoms with Gasteiger partial charge in [-0.15, -0.1) is 0 Å². The average Bonchev–Trinajstić information content (AvgIpc) is 2.93. The van der Waals surface area contributed by atoms with Crippen molar-refractivity contribution >= 4 is 0 Å². The standard InChI is InChI=1S/C17H24N4/c1-14-17(20-13-19-14)11-18-16-7-9-21(10-8-16)12-15-5-3-2-4-6-15/h2-6,13,16,18H,7-12H2,1H3,(H,19,20). The lowest BCUT2D eigenvalue weighted by molar-refractivity contribution is 0.190. The second kappa shape index (κ2) is 6.87. The van der Waals surface area contributed by atoms with E-state index in [4.69, 9.17) is 0 Å². The highest BCUT2D eigenvalue weighted by Gasteiger charge is 2.19. The molecule has 0 saturated carbocycles. The summed E-state index contributed by atoms with van der Waals surface area (Å²) in [4.78, 5) is 10.0. The van der Waals surface area contributed by atoms with Gasteiger partial charge in [0.15, 0.2) is 0 Å². The molecule has 0 radical (unpaired) electrons. The normalized spacial score (nSPS) is 17.2. The lowest BCUT2D eigenvalue weighted by Gasteiger charge is -2.32. The van der Waals surface area contributed by atoms with E-state index in [0.29, 0.717) is 6.04 Å². The number of H-pyrrole nitrogens is 1. The largest absolute Gasteiger partial charge is 0.348 e. The van der Waals surface area contributed by atoms with Crippen LogP contribution in [0.15, 0.2) is 36.7 Å². The quantitative estimate of drug-likeness (QED) is 0.886. The van der Waals surface area contributed by atoms with E-state index in [9.17, 15) is 0 Å². The third kappa shape index (κ3) is 3.93. The van der Waals surface area contributed by atoms with Crippen molar-refractivity contribution in [3.05, 3.63) is 53.6 Å². The van der Waals surface area contributed by atoms with Gasteiger partial charge in [0.25, 0.3) is 0 Å². The fraction of sp³-hybridized carbons (Fsp3) is 0.471. The highest BCUT2D eigenvalue weighted by molar-refractivity contribution is 5.14. The predicted molar refractivity (Wildman–Crippen MR) is 84.9 cm³/mol. The van der Waals surface area contributed by atoms with Crippen molar-refractivity contribution in [1.29, 1.82) is 0 Å². The van der Waals surface area contributed by atoms with Gasteiger partial charge < -0.3 is 10.3 Å².